The highest BCUT2D eigenvalue weighted by Crippen LogP contribution is 2.13. The molecule has 1 heterocycles. The van der Waals surface area contributed by atoms with Crippen LogP contribution in [0.15, 0.2) is 24.0 Å². The second kappa shape index (κ2) is 4.28. The van der Waals surface area contributed by atoms with Crippen LogP contribution in [-0.2, 0) is 7.05 Å². The predicted octanol–water partition coefficient (Wildman–Crippen LogP) is 2.06. The lowest BCUT2D eigenvalue weighted by Crippen LogP contribution is -1.98. The largest absolute Gasteiger partial charge is 0.392 e. The molecule has 1 aromatic rings. The average Bonchev–Trinajstić information content (AvgIpc) is 2.46. The lowest BCUT2D eigenvalue weighted by molar-refractivity contribution is 0.320. The smallest absolute Gasteiger partial charge is 0.0647 e. The van der Waals surface area contributed by atoms with Gasteiger partial charge < -0.3 is 9.67 Å². The Morgan fingerprint density at radius 1 is 1.62 bits per heavy atom. The molecule has 0 saturated heterocycles. The first-order valence-corrected chi connectivity index (χ1v) is 4.56. The van der Waals surface area contributed by atoms with Gasteiger partial charge in [0.05, 0.1) is 6.61 Å². The van der Waals surface area contributed by atoms with Gasteiger partial charge in [-0.3, -0.25) is 0 Å². The highest BCUT2D eigenvalue weighted by molar-refractivity contribution is 5.52. The first-order valence-electron chi connectivity index (χ1n) is 4.56. The fourth-order valence-corrected chi connectivity index (χ4v) is 1.22. The van der Waals surface area contributed by atoms with Gasteiger partial charge in [-0.2, -0.15) is 0 Å². The van der Waals surface area contributed by atoms with Crippen LogP contribution < -0.4 is 0 Å². The van der Waals surface area contributed by atoms with Gasteiger partial charge in [-0.25, -0.2) is 0 Å². The number of aromatic nitrogens is 1. The summed E-state index contributed by atoms with van der Waals surface area (Å²) in [4.78, 5) is 0. The minimum atomic E-state index is 0.145. The molecule has 0 atom stereocenters. The van der Waals surface area contributed by atoms with Crippen molar-refractivity contribution in [3.63, 3.8) is 0 Å². The molecule has 0 amide bonds. The molecule has 0 spiro atoms. The minimum absolute atomic E-state index is 0.145. The summed E-state index contributed by atoms with van der Waals surface area (Å²) < 4.78 is 2.00. The second-order valence-corrected chi connectivity index (χ2v) is 3.64. The zero-order chi connectivity index (χ0) is 9.84. The quantitative estimate of drug-likeness (QED) is 0.755. The van der Waals surface area contributed by atoms with Crippen molar-refractivity contribution in [2.24, 2.45) is 13.0 Å². The second-order valence-electron chi connectivity index (χ2n) is 3.64. The van der Waals surface area contributed by atoms with Crippen LogP contribution in [0.2, 0.25) is 0 Å². The van der Waals surface area contributed by atoms with Crippen molar-refractivity contribution in [3.8, 4) is 0 Å². The summed E-state index contributed by atoms with van der Waals surface area (Å²) in [5, 5.41) is 9.09. The fourth-order valence-electron chi connectivity index (χ4n) is 1.22. The number of aryl methyl sites for hydroxylation is 1. The third-order valence-electron chi connectivity index (χ3n) is 2.13. The number of aliphatic hydroxyl groups is 1. The van der Waals surface area contributed by atoms with Crippen LogP contribution >= 0.6 is 0 Å². The molecule has 13 heavy (non-hydrogen) atoms. The zero-order valence-corrected chi connectivity index (χ0v) is 8.49. The maximum atomic E-state index is 9.09. The molecule has 0 bridgehead atoms. The van der Waals surface area contributed by atoms with Gasteiger partial charge in [0.15, 0.2) is 0 Å². The first-order chi connectivity index (χ1) is 6.13. The molecule has 0 aliphatic carbocycles. The van der Waals surface area contributed by atoms with Crippen LogP contribution in [0.25, 0.3) is 6.08 Å². The number of aliphatic hydroxyl groups excluding tert-OH is 1. The highest BCUT2D eigenvalue weighted by Gasteiger charge is 2.01. The molecule has 1 rings (SSSR count). The van der Waals surface area contributed by atoms with E-state index >= 15 is 0 Å². The Bertz CT molecular complexity index is 297. The Kier molecular flexibility index (Phi) is 3.32. The summed E-state index contributed by atoms with van der Waals surface area (Å²) >= 11 is 0. The topological polar surface area (TPSA) is 25.2 Å². The summed E-state index contributed by atoms with van der Waals surface area (Å²) in [5.74, 6) is 0.408. The van der Waals surface area contributed by atoms with Gasteiger partial charge in [0.1, 0.15) is 0 Å². The SMILES string of the molecule is CC(C)C(=Cc1ccn(C)c1)CO. The van der Waals surface area contributed by atoms with Crippen LogP contribution in [0.3, 0.4) is 0 Å². The lowest BCUT2D eigenvalue weighted by Gasteiger charge is -2.06. The highest BCUT2D eigenvalue weighted by atomic mass is 16.3. The van der Waals surface area contributed by atoms with Crippen molar-refractivity contribution in [1.29, 1.82) is 0 Å². The van der Waals surface area contributed by atoms with Crippen molar-refractivity contribution < 1.29 is 5.11 Å². The van der Waals surface area contributed by atoms with Gasteiger partial charge in [-0.15, -0.1) is 0 Å². The van der Waals surface area contributed by atoms with Gasteiger partial charge in [-0.1, -0.05) is 19.9 Å². The summed E-state index contributed by atoms with van der Waals surface area (Å²) in [7, 11) is 1.99. The zero-order valence-electron chi connectivity index (χ0n) is 8.49. The molecule has 2 heteroatoms. The molecule has 0 fully saturated rings. The van der Waals surface area contributed by atoms with Crippen molar-refractivity contribution >= 4 is 6.08 Å². The molecule has 0 aliphatic rings. The molecular weight excluding hydrogens is 162 g/mol. The Hall–Kier alpha value is -1.02. The summed E-state index contributed by atoms with van der Waals surface area (Å²) in [5.41, 5.74) is 2.23. The monoisotopic (exact) mass is 179 g/mol. The average molecular weight is 179 g/mol. The number of rotatable bonds is 3. The van der Waals surface area contributed by atoms with E-state index in [2.05, 4.69) is 13.8 Å². The van der Waals surface area contributed by atoms with Crippen molar-refractivity contribution in [1.82, 2.24) is 4.57 Å². The van der Waals surface area contributed by atoms with E-state index in [1.165, 1.54) is 0 Å². The summed E-state index contributed by atoms with van der Waals surface area (Å²) in [6.07, 6.45) is 6.09. The number of hydrogen-bond donors (Lipinski definition) is 1. The molecule has 1 N–H and O–H groups in total. The third kappa shape index (κ3) is 2.74. The van der Waals surface area contributed by atoms with E-state index in [-0.39, 0.29) is 6.61 Å². The molecule has 0 aliphatic heterocycles. The van der Waals surface area contributed by atoms with Crippen molar-refractivity contribution in [3.05, 3.63) is 29.6 Å². The van der Waals surface area contributed by atoms with Crippen LogP contribution in [0.5, 0.6) is 0 Å². The van der Waals surface area contributed by atoms with Crippen LogP contribution in [0, 0.1) is 5.92 Å². The van der Waals surface area contributed by atoms with Gasteiger partial charge >= 0.3 is 0 Å². The number of hydrogen-bond acceptors (Lipinski definition) is 1. The molecule has 0 saturated carbocycles. The molecule has 0 radical (unpaired) electrons. The summed E-state index contributed by atoms with van der Waals surface area (Å²) in [6.45, 7) is 4.32. The van der Waals surface area contributed by atoms with E-state index in [4.69, 9.17) is 5.11 Å². The van der Waals surface area contributed by atoms with Gasteiger partial charge in [-0.05, 0) is 23.1 Å². The standard InChI is InChI=1S/C11H17NO/c1-9(2)11(8-13)6-10-4-5-12(3)7-10/h4-7,9,13H,8H2,1-3H3. The van der Waals surface area contributed by atoms with E-state index in [1.54, 1.807) is 0 Å². The molecule has 0 unspecified atom stereocenters. The normalized spacial score (nSPS) is 12.5. The van der Waals surface area contributed by atoms with Crippen LogP contribution in [-0.4, -0.2) is 16.3 Å². The first kappa shape index (κ1) is 10.1. The molecule has 0 aromatic carbocycles. The fraction of sp³-hybridized carbons (Fsp3) is 0.455. The molecule has 72 valence electrons. The van der Waals surface area contributed by atoms with Gasteiger partial charge in [0.2, 0.25) is 0 Å². The van der Waals surface area contributed by atoms with Crippen molar-refractivity contribution in [2.45, 2.75) is 13.8 Å². The lowest BCUT2D eigenvalue weighted by atomic mass is 10.0. The van der Waals surface area contributed by atoms with E-state index in [9.17, 15) is 0 Å². The van der Waals surface area contributed by atoms with Gasteiger partial charge in [0, 0.05) is 19.4 Å². The Balaban J connectivity index is 2.84. The maximum absolute atomic E-state index is 9.09. The Morgan fingerprint density at radius 2 is 2.31 bits per heavy atom. The van der Waals surface area contributed by atoms with E-state index < -0.39 is 0 Å². The maximum Gasteiger partial charge on any atom is 0.0647 e. The third-order valence-corrected chi connectivity index (χ3v) is 2.13. The molecule has 2 nitrogen and oxygen atoms in total. The van der Waals surface area contributed by atoms with Gasteiger partial charge in [0.25, 0.3) is 0 Å². The van der Waals surface area contributed by atoms with Crippen molar-refractivity contribution in [2.75, 3.05) is 6.61 Å². The van der Waals surface area contributed by atoms with E-state index in [1.807, 2.05) is 36.2 Å². The molecule has 1 aromatic heterocycles. The van der Waals surface area contributed by atoms with Crippen LogP contribution in [0.4, 0.5) is 0 Å². The number of nitrogens with zero attached hydrogens (tertiary/aromatic N) is 1. The summed E-state index contributed by atoms with van der Waals surface area (Å²) in [6, 6.07) is 2.04. The van der Waals surface area contributed by atoms with E-state index in [0.717, 1.165) is 11.1 Å². The minimum Gasteiger partial charge on any atom is -0.392 e. The predicted molar refractivity (Wildman–Crippen MR) is 55.3 cm³/mol. The van der Waals surface area contributed by atoms with Crippen LogP contribution in [0.1, 0.15) is 19.4 Å². The Morgan fingerprint density at radius 3 is 2.69 bits per heavy atom. The Labute approximate surface area is 79.5 Å². The molecular formula is C11H17NO. The van der Waals surface area contributed by atoms with E-state index in [0.29, 0.717) is 5.92 Å².